The van der Waals surface area contributed by atoms with E-state index in [2.05, 4.69) is 53.8 Å². The first-order chi connectivity index (χ1) is 38.9. The number of fused-ring (bicyclic) bond motifs is 3. The molecule has 0 bridgehead atoms. The minimum absolute atomic E-state index is 0.00684. The lowest BCUT2D eigenvalue weighted by atomic mass is 9.94. The van der Waals surface area contributed by atoms with E-state index in [4.69, 9.17) is 48.5 Å². The van der Waals surface area contributed by atoms with Gasteiger partial charge in [-0.25, -0.2) is 42.8 Å². The normalized spacial score (nSPS) is 28.7. The molecule has 14 N–H and O–H groups in total. The van der Waals surface area contributed by atoms with Crippen molar-refractivity contribution in [3.05, 3.63) is 46.0 Å². The smallest absolute Gasteiger partial charge is 0.387 e. The van der Waals surface area contributed by atoms with E-state index in [-0.39, 0.29) is 57.2 Å². The monoisotopic (exact) mass is 1260 g/mol. The summed E-state index contributed by atoms with van der Waals surface area (Å²) < 4.78 is 111. The van der Waals surface area contributed by atoms with Gasteiger partial charge in [-0.2, -0.15) is 13.6 Å². The van der Waals surface area contributed by atoms with E-state index in [9.17, 15) is 67.5 Å². The minimum Gasteiger partial charge on any atom is -0.387 e. The Balaban J connectivity index is 0.881. The van der Waals surface area contributed by atoms with E-state index >= 15 is 0 Å². The summed E-state index contributed by atoms with van der Waals surface area (Å²) in [4.78, 5) is 112. The Morgan fingerprint density at radius 2 is 1.39 bits per heavy atom. The topological polar surface area (TPSA) is 548 Å². The van der Waals surface area contributed by atoms with Crippen LogP contribution in [0.1, 0.15) is 39.0 Å². The molecule has 1 amide bonds. The lowest BCUT2D eigenvalue weighted by Gasteiger charge is -2.26. The van der Waals surface area contributed by atoms with Gasteiger partial charge in [0.15, 0.2) is 41.4 Å². The number of aryl methyl sites for hydroxylation is 1. The number of aliphatic hydroxyl groups is 3. The SMILES string of the molecule is CO[C@@H]1[C@H](OP(=O)(O)OC[C@H]2O[C@@H](n3cnc4c(=O)[nH]c(N)nc43)[C@H](O)[C@@H]2O)C(COP(=O)(O)OP(=O)(O)OP(=O)(O)OC[C@H]2O[C@@H]([n+]3cn(C)c4c(=O)[nH]c(NC(C)C)nc43)[C@H](O)[C@@H]2CC(=O)N(C)C)O[C@H]1n1cnc2c(N)ncnc21. The number of methoxy groups -OCH3 is 1. The highest BCUT2D eigenvalue weighted by Crippen LogP contribution is 2.68. The van der Waals surface area contributed by atoms with Gasteiger partial charge in [0.05, 0.1) is 45.6 Å². The Morgan fingerprint density at radius 3 is 2.04 bits per heavy atom. The molecule has 5 unspecified atom stereocenters. The van der Waals surface area contributed by atoms with Gasteiger partial charge in [0, 0.05) is 39.6 Å². The summed E-state index contributed by atoms with van der Waals surface area (Å²) in [7, 11) is -18.1. The van der Waals surface area contributed by atoms with Crippen LogP contribution in [0.2, 0.25) is 0 Å². The summed E-state index contributed by atoms with van der Waals surface area (Å²) in [5, 5.41) is 36.4. The van der Waals surface area contributed by atoms with Crippen LogP contribution in [0, 0.1) is 5.92 Å². The first-order valence-corrected chi connectivity index (χ1v) is 30.4. The highest BCUT2D eigenvalue weighted by Gasteiger charge is 2.54. The number of nitrogens with one attached hydrogen (secondary N) is 3. The average molecular weight is 1260 g/mol. The second-order valence-electron chi connectivity index (χ2n) is 19.4. The van der Waals surface area contributed by atoms with Crippen molar-refractivity contribution in [3.8, 4) is 0 Å². The van der Waals surface area contributed by atoms with Crippen molar-refractivity contribution < 1.29 is 108 Å². The van der Waals surface area contributed by atoms with Gasteiger partial charge < -0.3 is 75.5 Å². The van der Waals surface area contributed by atoms with Crippen molar-refractivity contribution in [3.63, 3.8) is 0 Å². The predicted molar refractivity (Wildman–Crippen MR) is 274 cm³/mol. The van der Waals surface area contributed by atoms with Crippen LogP contribution < -0.4 is 32.5 Å². The summed E-state index contributed by atoms with van der Waals surface area (Å²) in [6.45, 7) is 0.273. The van der Waals surface area contributed by atoms with Gasteiger partial charge in [0.1, 0.15) is 54.6 Å². The van der Waals surface area contributed by atoms with Gasteiger partial charge >= 0.3 is 36.9 Å². The molecule has 0 spiro atoms. The number of carbonyl (C=O) groups excluding carboxylic acids is 1. The number of rotatable bonds is 23. The van der Waals surface area contributed by atoms with Gasteiger partial charge in [-0.15, -0.1) is 0 Å². The number of phosphoric ester groups is 3. The highest BCUT2D eigenvalue weighted by molar-refractivity contribution is 7.66. The number of hydrogen-bond donors (Lipinski definition) is 12. The maximum absolute atomic E-state index is 13.8. The molecule has 6 aromatic heterocycles. The van der Waals surface area contributed by atoms with Gasteiger partial charge in [-0.05, 0) is 13.8 Å². The van der Waals surface area contributed by atoms with Gasteiger partial charge in [-0.1, -0.05) is 4.98 Å². The second kappa shape index (κ2) is 23.7. The van der Waals surface area contributed by atoms with Crippen LogP contribution in [-0.4, -0.2) is 195 Å². The van der Waals surface area contributed by atoms with Crippen LogP contribution in [0.25, 0.3) is 33.5 Å². The number of amides is 1. The number of nitrogens with two attached hydrogens (primary N) is 2. The van der Waals surface area contributed by atoms with Crippen LogP contribution in [0.4, 0.5) is 17.7 Å². The third-order valence-corrected chi connectivity index (χ3v) is 18.3. The lowest BCUT2D eigenvalue weighted by molar-refractivity contribution is -0.745. The average Bonchev–Trinajstić information content (AvgIpc) is 3.00. The number of H-pyrrole nitrogens is 2. The van der Waals surface area contributed by atoms with E-state index in [0.717, 1.165) is 30.7 Å². The molecule has 83 heavy (non-hydrogen) atoms. The van der Waals surface area contributed by atoms with Crippen LogP contribution in [0.5, 0.6) is 0 Å². The molecule has 6 aromatic rings. The molecule has 0 aromatic carbocycles. The molecule has 0 aliphatic carbocycles. The van der Waals surface area contributed by atoms with Crippen molar-refractivity contribution in [2.75, 3.05) is 57.8 Å². The molecule has 0 radical (unpaired) electrons. The number of hydrogen-bond acceptors (Lipinski definition) is 29. The molecule has 456 valence electrons. The zero-order valence-corrected chi connectivity index (χ0v) is 47.7. The number of nitrogens with zero attached hydrogens (tertiary/aromatic N) is 11. The molecular weight excluding hydrogens is 1200 g/mol. The zero-order valence-electron chi connectivity index (χ0n) is 44.1. The Bertz CT molecular complexity index is 3730. The number of imidazole rings is 3. The summed E-state index contributed by atoms with van der Waals surface area (Å²) >= 11 is 0. The molecule has 9 rings (SSSR count). The number of carbonyl (C=O) groups is 1. The molecule has 44 heteroatoms. The standard InChI is InChI=1S/C39H56N16O24P4/c1-15(2)46-39-48-32-23(34(61)50-39)52(5)14-55(32)35-24(57)16(7-20(56)51(3)4)17(74-35)8-72-81(64,65)78-83(68,69)79-82(66,67)73-10-19-27(28(70-6)37(76-19)53-12-44-21-29(40)42-11-43-30(21)53)77-80(62,63)71-9-18-25(58)26(59)36(75-18)54-13-45-22-31(54)47-38(41)49-33(22)60/h11-19,24-28,35-37,57-59H,7-10H2,1-6H3,(H10-,40,41,42,43,46,47,48,49,50,60,61,62,63,64,65,66,67,68,69)/p+1/t16-,17-,18-,19?,24-,25-,26-,27-,28-,35-,36-,37-/m1/s1. The second-order valence-corrected chi connectivity index (χ2v) is 25.4. The van der Waals surface area contributed by atoms with Crippen LogP contribution >= 0.6 is 31.3 Å². The molecule has 9 heterocycles. The largest absolute Gasteiger partial charge is 0.490 e. The number of anilines is 3. The first-order valence-electron chi connectivity index (χ1n) is 24.4. The molecule has 3 fully saturated rings. The fourth-order valence-electron chi connectivity index (χ4n) is 9.34. The van der Waals surface area contributed by atoms with Gasteiger partial charge in [-0.3, -0.25) is 56.1 Å². The fraction of sp³-hybridized carbons (Fsp3) is 0.590. The van der Waals surface area contributed by atoms with Crippen molar-refractivity contribution in [1.82, 2.24) is 58.5 Å². The number of ether oxygens (including phenoxy) is 4. The van der Waals surface area contributed by atoms with E-state index in [1.54, 1.807) is 13.8 Å². The number of nitrogen functional groups attached to an aromatic ring is 2. The fourth-order valence-corrected chi connectivity index (χ4v) is 13.8. The Morgan fingerprint density at radius 1 is 0.771 bits per heavy atom. The van der Waals surface area contributed by atoms with Crippen molar-refractivity contribution in [1.29, 1.82) is 0 Å². The quantitative estimate of drug-likeness (QED) is 0.0229. The van der Waals surface area contributed by atoms with Crippen molar-refractivity contribution in [2.24, 2.45) is 13.0 Å². The summed E-state index contributed by atoms with van der Waals surface area (Å²) in [6.07, 6.45) is -13.8. The number of aromatic nitrogens is 12. The predicted octanol–water partition coefficient (Wildman–Crippen LogP) is -2.74. The Labute approximate surface area is 464 Å². The maximum Gasteiger partial charge on any atom is 0.490 e. The number of aliphatic hydroxyl groups excluding tert-OH is 3. The molecule has 3 saturated heterocycles. The van der Waals surface area contributed by atoms with Crippen molar-refractivity contribution in [2.45, 2.75) is 93.8 Å². The van der Waals surface area contributed by atoms with Crippen LogP contribution in [0.15, 0.2) is 34.9 Å². The third-order valence-electron chi connectivity index (χ3n) is 13.1. The molecule has 3 aliphatic heterocycles. The third kappa shape index (κ3) is 13.1. The molecule has 40 nitrogen and oxygen atoms in total. The summed E-state index contributed by atoms with van der Waals surface area (Å²) in [5.74, 6) is -2.11. The van der Waals surface area contributed by atoms with E-state index < -0.39 is 148 Å². The number of aromatic amines is 2. The van der Waals surface area contributed by atoms with Gasteiger partial charge in [0.2, 0.25) is 23.6 Å². The Kier molecular flexibility index (Phi) is 17.7. The molecule has 0 saturated carbocycles. The number of phosphoric acid groups is 4. The van der Waals surface area contributed by atoms with Crippen LogP contribution in [0.3, 0.4) is 0 Å². The van der Waals surface area contributed by atoms with Crippen molar-refractivity contribution >= 4 is 88.4 Å². The maximum atomic E-state index is 13.8. The van der Waals surface area contributed by atoms with Crippen LogP contribution in [-0.2, 0) is 75.8 Å². The van der Waals surface area contributed by atoms with Gasteiger partial charge in [0.25, 0.3) is 17.1 Å². The summed E-state index contributed by atoms with van der Waals surface area (Å²) in [5.41, 5.74) is 10.1. The van der Waals surface area contributed by atoms with E-state index in [1.165, 1.54) is 46.1 Å². The highest BCUT2D eigenvalue weighted by atomic mass is 31.3. The first kappa shape index (κ1) is 61.9. The van der Waals surface area contributed by atoms with E-state index in [0.29, 0.717) is 0 Å². The molecular formula is C39H57N16O24P4+. The summed E-state index contributed by atoms with van der Waals surface area (Å²) in [6, 6.07) is -0.176. The van der Waals surface area contributed by atoms with E-state index in [1.807, 2.05) is 0 Å². The molecule has 16 atom stereocenters. The lowest BCUT2D eigenvalue weighted by Crippen LogP contribution is -2.45. The zero-order chi connectivity index (χ0) is 60.4. The molecule has 3 aliphatic rings. The minimum atomic E-state index is -6.24. The Hall–Kier alpha value is -5.64.